The molecule has 1 aromatic heterocycles. The highest BCUT2D eigenvalue weighted by Gasteiger charge is 2.25. The molecule has 3 aromatic rings. The highest BCUT2D eigenvalue weighted by Crippen LogP contribution is 2.21. The normalized spacial score (nSPS) is 17.5. The van der Waals surface area contributed by atoms with E-state index in [1.807, 2.05) is 30.3 Å². The molecule has 0 aliphatic carbocycles. The third-order valence-corrected chi connectivity index (χ3v) is 4.98. The minimum atomic E-state index is -0.0861. The second-order valence-electron chi connectivity index (χ2n) is 6.69. The van der Waals surface area contributed by atoms with E-state index in [1.165, 1.54) is 5.56 Å². The Morgan fingerprint density at radius 2 is 1.92 bits per heavy atom. The molecule has 1 saturated heterocycles. The van der Waals surface area contributed by atoms with E-state index in [2.05, 4.69) is 39.5 Å². The van der Waals surface area contributed by atoms with Gasteiger partial charge in [0.15, 0.2) is 0 Å². The molecule has 2 aromatic carbocycles. The van der Waals surface area contributed by atoms with Crippen LogP contribution in [0.25, 0.3) is 10.9 Å². The van der Waals surface area contributed by atoms with Gasteiger partial charge in [-0.25, -0.2) is 4.98 Å². The number of para-hydroxylation sites is 1. The summed E-state index contributed by atoms with van der Waals surface area (Å²) in [6.45, 7) is 2.76. The second kappa shape index (κ2) is 7.44. The van der Waals surface area contributed by atoms with Crippen molar-refractivity contribution in [1.82, 2.24) is 15.2 Å². The molecule has 1 unspecified atom stereocenters. The maximum absolute atomic E-state index is 12.8. The van der Waals surface area contributed by atoms with Crippen LogP contribution in [-0.2, 0) is 6.54 Å². The summed E-state index contributed by atoms with van der Waals surface area (Å²) in [5, 5.41) is 4.33. The van der Waals surface area contributed by atoms with Crippen molar-refractivity contribution in [2.24, 2.45) is 0 Å². The topological polar surface area (TPSA) is 45.2 Å². The molecule has 1 aliphatic heterocycles. The van der Waals surface area contributed by atoms with Crippen molar-refractivity contribution in [3.05, 3.63) is 76.9 Å². The molecule has 0 radical (unpaired) electrons. The number of amides is 1. The fourth-order valence-electron chi connectivity index (χ4n) is 3.53. The molecule has 5 heteroatoms. The van der Waals surface area contributed by atoms with Crippen LogP contribution in [0.15, 0.2) is 60.7 Å². The van der Waals surface area contributed by atoms with Crippen LogP contribution in [0.5, 0.6) is 0 Å². The van der Waals surface area contributed by atoms with E-state index in [0.717, 1.165) is 37.0 Å². The van der Waals surface area contributed by atoms with E-state index in [-0.39, 0.29) is 11.9 Å². The van der Waals surface area contributed by atoms with Gasteiger partial charge >= 0.3 is 0 Å². The van der Waals surface area contributed by atoms with E-state index in [1.54, 1.807) is 6.07 Å². The maximum Gasteiger partial charge on any atom is 0.252 e. The Balaban J connectivity index is 1.44. The van der Waals surface area contributed by atoms with Gasteiger partial charge in [-0.15, -0.1) is 0 Å². The van der Waals surface area contributed by atoms with Gasteiger partial charge < -0.3 is 5.32 Å². The predicted octanol–water partition coefficient (Wildman–Crippen LogP) is 3.89. The van der Waals surface area contributed by atoms with Crippen LogP contribution in [0.2, 0.25) is 5.15 Å². The maximum atomic E-state index is 12.8. The Kier molecular flexibility index (Phi) is 4.87. The molecule has 1 atom stereocenters. The number of likely N-dealkylation sites (tertiary alicyclic amines) is 1. The van der Waals surface area contributed by atoms with Crippen LogP contribution in [0.1, 0.15) is 22.3 Å². The Labute approximate surface area is 157 Å². The van der Waals surface area contributed by atoms with Crippen molar-refractivity contribution in [2.75, 3.05) is 13.1 Å². The minimum absolute atomic E-state index is 0.0861. The number of nitrogens with one attached hydrogen (secondary N) is 1. The molecule has 0 spiro atoms. The van der Waals surface area contributed by atoms with Crippen molar-refractivity contribution in [3.63, 3.8) is 0 Å². The number of aromatic nitrogens is 1. The minimum Gasteiger partial charge on any atom is -0.348 e. The molecule has 4 nitrogen and oxygen atoms in total. The van der Waals surface area contributed by atoms with Gasteiger partial charge in [0.1, 0.15) is 5.15 Å². The summed E-state index contributed by atoms with van der Waals surface area (Å²) >= 11 is 6.10. The summed E-state index contributed by atoms with van der Waals surface area (Å²) in [7, 11) is 0. The van der Waals surface area contributed by atoms with Crippen LogP contribution >= 0.6 is 11.6 Å². The molecule has 1 fully saturated rings. The molecule has 2 heterocycles. The summed E-state index contributed by atoms with van der Waals surface area (Å²) in [5.74, 6) is -0.0861. The number of hydrogen-bond donors (Lipinski definition) is 1. The first kappa shape index (κ1) is 17.0. The van der Waals surface area contributed by atoms with Crippen LogP contribution in [0.3, 0.4) is 0 Å². The Hall–Kier alpha value is -2.43. The van der Waals surface area contributed by atoms with Gasteiger partial charge in [0.05, 0.1) is 11.1 Å². The van der Waals surface area contributed by atoms with Gasteiger partial charge in [0.2, 0.25) is 0 Å². The number of benzene rings is 2. The third kappa shape index (κ3) is 3.71. The molecule has 132 valence electrons. The monoisotopic (exact) mass is 365 g/mol. The van der Waals surface area contributed by atoms with E-state index >= 15 is 0 Å². The predicted molar refractivity (Wildman–Crippen MR) is 104 cm³/mol. The van der Waals surface area contributed by atoms with Gasteiger partial charge in [0, 0.05) is 31.1 Å². The molecule has 4 rings (SSSR count). The summed E-state index contributed by atoms with van der Waals surface area (Å²) in [6, 6.07) is 19.8. The fraction of sp³-hybridized carbons (Fsp3) is 0.238. The number of carbonyl (C=O) groups excluding carboxylic acids is 1. The van der Waals surface area contributed by atoms with Gasteiger partial charge in [-0.05, 0) is 24.1 Å². The van der Waals surface area contributed by atoms with Gasteiger partial charge in [-0.3, -0.25) is 9.69 Å². The molecule has 0 saturated carbocycles. The summed E-state index contributed by atoms with van der Waals surface area (Å²) in [4.78, 5) is 19.5. The van der Waals surface area contributed by atoms with Crippen LogP contribution in [-0.4, -0.2) is 34.9 Å². The van der Waals surface area contributed by atoms with E-state index in [4.69, 9.17) is 11.6 Å². The van der Waals surface area contributed by atoms with Crippen LogP contribution < -0.4 is 5.32 Å². The lowest BCUT2D eigenvalue weighted by Gasteiger charge is -2.17. The molecular weight excluding hydrogens is 346 g/mol. The third-order valence-electron chi connectivity index (χ3n) is 4.79. The lowest BCUT2D eigenvalue weighted by Crippen LogP contribution is -2.37. The molecular formula is C21H20ClN3O. The van der Waals surface area contributed by atoms with Crippen LogP contribution in [0, 0.1) is 0 Å². The van der Waals surface area contributed by atoms with E-state index in [9.17, 15) is 4.79 Å². The average molecular weight is 366 g/mol. The first-order valence-corrected chi connectivity index (χ1v) is 9.19. The molecule has 0 bridgehead atoms. The van der Waals surface area contributed by atoms with E-state index < -0.39 is 0 Å². The molecule has 26 heavy (non-hydrogen) atoms. The summed E-state index contributed by atoms with van der Waals surface area (Å²) in [6.07, 6.45) is 0.954. The molecule has 1 aliphatic rings. The first-order valence-electron chi connectivity index (χ1n) is 8.81. The highest BCUT2D eigenvalue weighted by molar-refractivity contribution is 6.30. The number of nitrogens with zero attached hydrogens (tertiary/aromatic N) is 2. The fourth-order valence-corrected chi connectivity index (χ4v) is 3.73. The zero-order valence-electron chi connectivity index (χ0n) is 14.4. The van der Waals surface area contributed by atoms with Gasteiger partial charge in [0.25, 0.3) is 5.91 Å². The average Bonchev–Trinajstić information content (AvgIpc) is 3.08. The smallest absolute Gasteiger partial charge is 0.252 e. The van der Waals surface area contributed by atoms with Crippen molar-refractivity contribution >= 4 is 28.4 Å². The zero-order chi connectivity index (χ0) is 17.9. The zero-order valence-corrected chi connectivity index (χ0v) is 15.1. The molecule has 1 amide bonds. The number of halogens is 1. The van der Waals surface area contributed by atoms with Gasteiger partial charge in [-0.1, -0.05) is 60.1 Å². The van der Waals surface area contributed by atoms with E-state index in [0.29, 0.717) is 10.7 Å². The highest BCUT2D eigenvalue weighted by atomic mass is 35.5. The standard InChI is InChI=1S/C21H20ClN3O/c22-20-12-18(17-8-4-5-9-19(17)24-20)21(26)23-16-10-11-25(14-16)13-15-6-2-1-3-7-15/h1-9,12,16H,10-11,13-14H2,(H,23,26). The number of rotatable bonds is 4. The van der Waals surface area contributed by atoms with Crippen molar-refractivity contribution in [2.45, 2.75) is 19.0 Å². The van der Waals surface area contributed by atoms with Crippen molar-refractivity contribution in [1.29, 1.82) is 0 Å². The quantitative estimate of drug-likeness (QED) is 0.713. The number of fused-ring (bicyclic) bond motifs is 1. The summed E-state index contributed by atoms with van der Waals surface area (Å²) < 4.78 is 0. The SMILES string of the molecule is O=C(NC1CCN(Cc2ccccc2)C1)c1cc(Cl)nc2ccccc12. The Bertz CT molecular complexity index is 929. The second-order valence-corrected chi connectivity index (χ2v) is 7.08. The number of pyridine rings is 1. The Morgan fingerprint density at radius 3 is 2.77 bits per heavy atom. The number of hydrogen-bond acceptors (Lipinski definition) is 3. The van der Waals surface area contributed by atoms with Crippen LogP contribution in [0.4, 0.5) is 0 Å². The molecule has 1 N–H and O–H groups in total. The Morgan fingerprint density at radius 1 is 1.15 bits per heavy atom. The van der Waals surface area contributed by atoms with Crippen molar-refractivity contribution < 1.29 is 4.79 Å². The lowest BCUT2D eigenvalue weighted by atomic mass is 10.1. The number of carbonyl (C=O) groups is 1. The van der Waals surface area contributed by atoms with Gasteiger partial charge in [-0.2, -0.15) is 0 Å². The lowest BCUT2D eigenvalue weighted by molar-refractivity contribution is 0.0939. The largest absolute Gasteiger partial charge is 0.348 e. The summed E-state index contributed by atoms with van der Waals surface area (Å²) in [5.41, 5.74) is 2.62. The first-order chi connectivity index (χ1) is 12.7. The van der Waals surface area contributed by atoms with Crippen molar-refractivity contribution in [3.8, 4) is 0 Å².